The Morgan fingerprint density at radius 2 is 2.06 bits per heavy atom. The highest BCUT2D eigenvalue weighted by Gasteiger charge is 2.53. The lowest BCUT2D eigenvalue weighted by Gasteiger charge is -2.36. The van der Waals surface area contributed by atoms with E-state index in [9.17, 15) is 9.59 Å². The second kappa shape index (κ2) is 7.48. The van der Waals surface area contributed by atoms with Crippen LogP contribution in [0.25, 0.3) is 11.4 Å². The first-order valence-electron chi connectivity index (χ1n) is 11.8. The van der Waals surface area contributed by atoms with Gasteiger partial charge in [0.2, 0.25) is 5.91 Å². The van der Waals surface area contributed by atoms with Crippen LogP contribution in [0.1, 0.15) is 57.1 Å². The molecule has 4 heterocycles. The maximum atomic E-state index is 13.5. The van der Waals surface area contributed by atoms with Gasteiger partial charge in [-0.2, -0.15) is 0 Å². The molecule has 1 aromatic heterocycles. The van der Waals surface area contributed by atoms with Gasteiger partial charge in [-0.15, -0.1) is 5.10 Å². The molecule has 1 aliphatic carbocycles. The number of nitrogens with zero attached hydrogens (tertiary/aromatic N) is 5. The number of aromatic nitrogens is 4. The maximum absolute atomic E-state index is 13.5. The first-order chi connectivity index (χ1) is 15.9. The van der Waals surface area contributed by atoms with Gasteiger partial charge >= 0.3 is 5.97 Å². The molecule has 0 bridgehead atoms. The van der Waals surface area contributed by atoms with Crippen LogP contribution in [0.4, 0.5) is 0 Å². The highest BCUT2D eigenvalue weighted by molar-refractivity contribution is 5.94. The van der Waals surface area contributed by atoms with Crippen LogP contribution in [0.15, 0.2) is 29.5 Å². The van der Waals surface area contributed by atoms with Gasteiger partial charge in [0, 0.05) is 24.2 Å². The van der Waals surface area contributed by atoms with E-state index in [1.807, 2.05) is 9.58 Å². The summed E-state index contributed by atoms with van der Waals surface area (Å²) in [5, 5.41) is 15.6. The Balaban J connectivity index is 1.08. The van der Waals surface area contributed by atoms with E-state index in [0.717, 1.165) is 62.3 Å². The Hall–Kier alpha value is -3.07. The number of nitrogens with one attached hydrogen (secondary N) is 1. The molecule has 4 aliphatic rings. The third-order valence-electron chi connectivity index (χ3n) is 7.97. The van der Waals surface area contributed by atoms with E-state index in [1.165, 1.54) is 11.1 Å². The van der Waals surface area contributed by atoms with Gasteiger partial charge in [0.15, 0.2) is 5.82 Å². The highest BCUT2D eigenvalue weighted by atomic mass is 16.5. The number of esters is 1. The molecular weight excluding hydrogens is 420 g/mol. The van der Waals surface area contributed by atoms with Crippen molar-refractivity contribution in [2.75, 3.05) is 6.61 Å². The first kappa shape index (κ1) is 20.5. The van der Waals surface area contributed by atoms with Gasteiger partial charge < -0.3 is 15.0 Å². The number of fused-ring (bicyclic) bond motifs is 3. The number of likely N-dealkylation sites (tertiary alicyclic amines) is 1. The van der Waals surface area contributed by atoms with Gasteiger partial charge in [-0.3, -0.25) is 4.79 Å². The van der Waals surface area contributed by atoms with Crippen LogP contribution in [0.3, 0.4) is 0 Å². The largest absolute Gasteiger partial charge is 0.456 e. The van der Waals surface area contributed by atoms with Crippen molar-refractivity contribution in [2.24, 2.45) is 5.41 Å². The van der Waals surface area contributed by atoms with Crippen LogP contribution in [0.5, 0.6) is 0 Å². The first-order valence-corrected chi connectivity index (χ1v) is 11.8. The summed E-state index contributed by atoms with van der Waals surface area (Å²) in [6, 6.07) is 6.98. The number of hydrogen-bond donors (Lipinski definition) is 1. The SMILES string of the molecule is CC1=C(N2C(=O)C3(CCC(NCc4ccc5c(c4)Cn4nnnc4-5)CC3)CC2C)COC1=O. The molecule has 1 aromatic carbocycles. The molecule has 33 heavy (non-hydrogen) atoms. The zero-order valence-corrected chi connectivity index (χ0v) is 19.0. The molecule has 3 aliphatic heterocycles. The number of amides is 1. The summed E-state index contributed by atoms with van der Waals surface area (Å²) in [6.07, 6.45) is 4.59. The van der Waals surface area contributed by atoms with Crippen LogP contribution in [0.2, 0.25) is 0 Å². The van der Waals surface area contributed by atoms with Gasteiger partial charge in [0.05, 0.1) is 23.2 Å². The lowest BCUT2D eigenvalue weighted by Crippen LogP contribution is -2.42. The smallest absolute Gasteiger partial charge is 0.336 e. The Morgan fingerprint density at radius 1 is 1.24 bits per heavy atom. The standard InChI is InChI=1S/C24H28N6O3/c1-14-10-24(23(32)30(14)20-13-33-22(31)15(20)2)7-5-18(6-8-24)25-11-16-3-4-19-17(9-16)12-29-21(19)26-27-28-29/h3-4,9,14,18,25H,5-8,10-13H2,1-2H3. The number of carbonyl (C=O) groups excluding carboxylic acids is 2. The predicted octanol–water partition coefficient (Wildman–Crippen LogP) is 2.17. The average Bonchev–Trinajstić information content (AvgIpc) is 3.53. The molecule has 1 N–H and O–H groups in total. The van der Waals surface area contributed by atoms with Crippen molar-refractivity contribution in [1.82, 2.24) is 30.4 Å². The van der Waals surface area contributed by atoms with Crippen molar-refractivity contribution in [2.45, 2.75) is 71.1 Å². The third-order valence-corrected chi connectivity index (χ3v) is 7.97. The van der Waals surface area contributed by atoms with Gasteiger partial charge in [-0.1, -0.05) is 18.2 Å². The quantitative estimate of drug-likeness (QED) is 0.610. The van der Waals surface area contributed by atoms with E-state index in [1.54, 1.807) is 6.92 Å². The molecule has 1 amide bonds. The number of hydrogen-bond acceptors (Lipinski definition) is 7. The summed E-state index contributed by atoms with van der Waals surface area (Å²) in [4.78, 5) is 27.2. The van der Waals surface area contributed by atoms with E-state index >= 15 is 0 Å². The monoisotopic (exact) mass is 448 g/mol. The van der Waals surface area contributed by atoms with Crippen molar-refractivity contribution in [3.8, 4) is 11.4 Å². The number of benzene rings is 1. The minimum Gasteiger partial charge on any atom is -0.456 e. The van der Waals surface area contributed by atoms with E-state index in [0.29, 0.717) is 11.6 Å². The van der Waals surface area contributed by atoms with Crippen molar-refractivity contribution in [3.63, 3.8) is 0 Å². The maximum Gasteiger partial charge on any atom is 0.336 e. The Morgan fingerprint density at radius 3 is 2.82 bits per heavy atom. The fourth-order valence-electron chi connectivity index (χ4n) is 6.13. The molecule has 1 saturated heterocycles. The summed E-state index contributed by atoms with van der Waals surface area (Å²) >= 11 is 0. The van der Waals surface area contributed by atoms with E-state index in [4.69, 9.17) is 4.74 Å². The van der Waals surface area contributed by atoms with Gasteiger partial charge in [0.1, 0.15) is 6.61 Å². The van der Waals surface area contributed by atoms with Crippen LogP contribution >= 0.6 is 0 Å². The van der Waals surface area contributed by atoms with E-state index < -0.39 is 0 Å². The second-order valence-electron chi connectivity index (χ2n) is 9.96. The van der Waals surface area contributed by atoms with Gasteiger partial charge in [-0.05, 0) is 67.5 Å². The summed E-state index contributed by atoms with van der Waals surface area (Å²) in [6.45, 7) is 5.60. The normalized spacial score (nSPS) is 28.6. The molecular formula is C24H28N6O3. The summed E-state index contributed by atoms with van der Waals surface area (Å²) in [7, 11) is 0. The lowest BCUT2D eigenvalue weighted by molar-refractivity contribution is -0.138. The molecule has 1 spiro atoms. The molecule has 6 rings (SSSR count). The lowest BCUT2D eigenvalue weighted by atomic mass is 9.70. The third kappa shape index (κ3) is 3.20. The van der Waals surface area contributed by atoms with E-state index in [2.05, 4.69) is 46.0 Å². The zero-order valence-electron chi connectivity index (χ0n) is 19.0. The van der Waals surface area contributed by atoms with Crippen molar-refractivity contribution in [1.29, 1.82) is 0 Å². The molecule has 2 aromatic rings. The van der Waals surface area contributed by atoms with Crippen LogP contribution < -0.4 is 5.32 Å². The van der Waals surface area contributed by atoms with Crippen molar-refractivity contribution in [3.05, 3.63) is 40.6 Å². The molecule has 1 unspecified atom stereocenters. The minimum absolute atomic E-state index is 0.104. The van der Waals surface area contributed by atoms with Crippen LogP contribution in [-0.2, 0) is 27.4 Å². The molecule has 9 heteroatoms. The Bertz CT molecular complexity index is 1180. The number of rotatable bonds is 4. The van der Waals surface area contributed by atoms with Gasteiger partial charge in [0.25, 0.3) is 0 Å². The second-order valence-corrected chi connectivity index (χ2v) is 9.96. The number of ether oxygens (including phenoxy) is 1. The Labute approximate surface area is 192 Å². The fraction of sp³-hybridized carbons (Fsp3) is 0.542. The molecule has 2 fully saturated rings. The average molecular weight is 449 g/mol. The van der Waals surface area contributed by atoms with Crippen molar-refractivity contribution < 1.29 is 14.3 Å². The number of carbonyl (C=O) groups is 2. The molecule has 0 radical (unpaired) electrons. The molecule has 1 saturated carbocycles. The topological polar surface area (TPSA) is 102 Å². The summed E-state index contributed by atoms with van der Waals surface area (Å²) in [5.74, 6) is 0.717. The van der Waals surface area contributed by atoms with Crippen LogP contribution in [-0.4, -0.2) is 55.7 Å². The predicted molar refractivity (Wildman–Crippen MR) is 118 cm³/mol. The number of tetrazole rings is 1. The van der Waals surface area contributed by atoms with Crippen molar-refractivity contribution >= 4 is 11.9 Å². The minimum atomic E-state index is -0.303. The fourth-order valence-corrected chi connectivity index (χ4v) is 6.13. The van der Waals surface area contributed by atoms with E-state index in [-0.39, 0.29) is 29.9 Å². The number of cyclic esters (lactones) is 1. The summed E-state index contributed by atoms with van der Waals surface area (Å²) < 4.78 is 7.00. The molecule has 9 nitrogen and oxygen atoms in total. The Kier molecular flexibility index (Phi) is 4.65. The zero-order chi connectivity index (χ0) is 22.7. The van der Waals surface area contributed by atoms with Gasteiger partial charge in [-0.25, -0.2) is 9.48 Å². The van der Waals surface area contributed by atoms with Crippen LogP contribution in [0, 0.1) is 5.41 Å². The summed E-state index contributed by atoms with van der Waals surface area (Å²) in [5.41, 5.74) is 4.64. The molecule has 1 atom stereocenters. The molecule has 172 valence electrons. The highest BCUT2D eigenvalue weighted by Crippen LogP contribution is 2.49.